The van der Waals surface area contributed by atoms with Gasteiger partial charge >= 0.3 is 0 Å². The summed E-state index contributed by atoms with van der Waals surface area (Å²) in [4.78, 5) is 0. The third-order valence-corrected chi connectivity index (χ3v) is 2.77. The number of nitrogens with one attached hydrogen (secondary N) is 1. The fraction of sp³-hybridized carbons (Fsp3) is 0.455. The molecule has 1 unspecified atom stereocenters. The van der Waals surface area contributed by atoms with Crippen molar-refractivity contribution >= 4 is 17.3 Å². The van der Waals surface area contributed by atoms with Gasteiger partial charge in [0.15, 0.2) is 5.75 Å². The Hall–Kier alpha value is -0.890. The maximum atomic E-state index is 6.05. The molecule has 0 saturated heterocycles. The van der Waals surface area contributed by atoms with E-state index in [0.29, 0.717) is 10.9 Å². The molecule has 0 saturated carbocycles. The zero-order valence-electron chi connectivity index (χ0n) is 8.38. The molecule has 1 aromatic rings. The lowest BCUT2D eigenvalue weighted by Gasteiger charge is -2.30. The maximum absolute atomic E-state index is 6.05. The number of rotatable bonds is 1. The van der Waals surface area contributed by atoms with Crippen LogP contribution >= 0.6 is 11.6 Å². The van der Waals surface area contributed by atoms with Crippen LogP contribution in [0.4, 0.5) is 5.69 Å². The molecular formula is C11H14ClNO. The van der Waals surface area contributed by atoms with Crippen molar-refractivity contribution in [2.45, 2.75) is 20.0 Å². The summed E-state index contributed by atoms with van der Waals surface area (Å²) in [5, 5.41) is 4.01. The van der Waals surface area contributed by atoms with Crippen LogP contribution in [0.1, 0.15) is 13.8 Å². The third-order valence-electron chi connectivity index (χ3n) is 2.47. The molecule has 14 heavy (non-hydrogen) atoms. The van der Waals surface area contributed by atoms with Gasteiger partial charge in [0.1, 0.15) is 6.10 Å². The Morgan fingerprint density at radius 3 is 3.00 bits per heavy atom. The average Bonchev–Trinajstić information content (AvgIpc) is 2.18. The molecule has 0 aliphatic carbocycles. The fourth-order valence-corrected chi connectivity index (χ4v) is 1.76. The van der Waals surface area contributed by atoms with Gasteiger partial charge in [0.05, 0.1) is 17.3 Å². The summed E-state index contributed by atoms with van der Waals surface area (Å²) in [5.74, 6) is 1.28. The largest absolute Gasteiger partial charge is 0.485 e. The Kier molecular flexibility index (Phi) is 2.55. The van der Waals surface area contributed by atoms with Crippen LogP contribution in [0, 0.1) is 5.92 Å². The SMILES string of the molecule is CC(C)C1CNc2cccc(Cl)c2O1. The van der Waals surface area contributed by atoms with E-state index in [0.717, 1.165) is 18.0 Å². The second-order valence-electron chi connectivity index (χ2n) is 3.90. The third kappa shape index (κ3) is 1.67. The van der Waals surface area contributed by atoms with Gasteiger partial charge in [-0.3, -0.25) is 0 Å². The first-order valence-corrected chi connectivity index (χ1v) is 5.25. The van der Waals surface area contributed by atoms with Crippen LogP contribution in [-0.2, 0) is 0 Å². The second-order valence-corrected chi connectivity index (χ2v) is 4.30. The Bertz CT molecular complexity index is 338. The van der Waals surface area contributed by atoms with Gasteiger partial charge in [0.2, 0.25) is 0 Å². The summed E-state index contributed by atoms with van der Waals surface area (Å²) in [6.45, 7) is 5.15. The molecule has 1 aromatic carbocycles. The van der Waals surface area contributed by atoms with Gasteiger partial charge in [-0.15, -0.1) is 0 Å². The predicted octanol–water partition coefficient (Wildman–Crippen LogP) is 3.17. The first kappa shape index (κ1) is 9.66. The van der Waals surface area contributed by atoms with E-state index in [2.05, 4.69) is 19.2 Å². The smallest absolute Gasteiger partial charge is 0.161 e. The zero-order chi connectivity index (χ0) is 10.1. The zero-order valence-corrected chi connectivity index (χ0v) is 9.14. The van der Waals surface area contributed by atoms with Gasteiger partial charge in [0.25, 0.3) is 0 Å². The molecular weight excluding hydrogens is 198 g/mol. The minimum atomic E-state index is 0.211. The maximum Gasteiger partial charge on any atom is 0.161 e. The normalized spacial score (nSPS) is 19.9. The van der Waals surface area contributed by atoms with E-state index in [-0.39, 0.29) is 6.10 Å². The highest BCUT2D eigenvalue weighted by Gasteiger charge is 2.23. The standard InChI is InChI=1S/C11H14ClNO/c1-7(2)10-6-13-9-5-3-4-8(12)11(9)14-10/h3-5,7,10,13H,6H2,1-2H3. The molecule has 76 valence electrons. The average molecular weight is 212 g/mol. The summed E-state index contributed by atoms with van der Waals surface area (Å²) < 4.78 is 5.83. The van der Waals surface area contributed by atoms with E-state index in [1.165, 1.54) is 0 Å². The molecule has 1 aliphatic heterocycles. The Morgan fingerprint density at radius 1 is 1.50 bits per heavy atom. The molecule has 0 amide bonds. The molecule has 0 spiro atoms. The Balaban J connectivity index is 2.29. The minimum absolute atomic E-state index is 0.211. The molecule has 0 aromatic heterocycles. The summed E-state index contributed by atoms with van der Waals surface area (Å²) in [7, 11) is 0. The van der Waals surface area contributed by atoms with Crippen LogP contribution in [-0.4, -0.2) is 12.6 Å². The number of benzene rings is 1. The molecule has 2 rings (SSSR count). The summed E-state index contributed by atoms with van der Waals surface area (Å²) in [5.41, 5.74) is 0.995. The minimum Gasteiger partial charge on any atom is -0.485 e. The number of hydrogen-bond donors (Lipinski definition) is 1. The molecule has 0 fully saturated rings. The van der Waals surface area contributed by atoms with Crippen molar-refractivity contribution < 1.29 is 4.74 Å². The predicted molar refractivity (Wildman–Crippen MR) is 59.2 cm³/mol. The second kappa shape index (κ2) is 3.70. The monoisotopic (exact) mass is 211 g/mol. The lowest BCUT2D eigenvalue weighted by atomic mass is 10.1. The van der Waals surface area contributed by atoms with Crippen molar-refractivity contribution in [3.8, 4) is 5.75 Å². The number of hydrogen-bond acceptors (Lipinski definition) is 2. The van der Waals surface area contributed by atoms with E-state index < -0.39 is 0 Å². The summed E-state index contributed by atoms with van der Waals surface area (Å²) in [6.07, 6.45) is 0.211. The van der Waals surface area contributed by atoms with Crippen LogP contribution in [0.25, 0.3) is 0 Å². The van der Waals surface area contributed by atoms with Crippen molar-refractivity contribution in [2.24, 2.45) is 5.92 Å². The number of halogens is 1. The summed E-state index contributed by atoms with van der Waals surface area (Å²) in [6, 6.07) is 5.76. The molecule has 0 radical (unpaired) electrons. The van der Waals surface area contributed by atoms with Gasteiger partial charge in [-0.05, 0) is 18.1 Å². The number of ether oxygens (including phenoxy) is 1. The van der Waals surface area contributed by atoms with E-state index >= 15 is 0 Å². The summed E-state index contributed by atoms with van der Waals surface area (Å²) >= 11 is 6.05. The lowest BCUT2D eigenvalue weighted by molar-refractivity contribution is 0.156. The van der Waals surface area contributed by atoms with Crippen LogP contribution in [0.2, 0.25) is 5.02 Å². The Labute approximate surface area is 89.2 Å². The van der Waals surface area contributed by atoms with Crippen molar-refractivity contribution in [2.75, 3.05) is 11.9 Å². The first-order valence-electron chi connectivity index (χ1n) is 4.87. The topological polar surface area (TPSA) is 21.3 Å². The quantitative estimate of drug-likeness (QED) is 0.771. The van der Waals surface area contributed by atoms with Crippen LogP contribution in [0.3, 0.4) is 0 Å². The number of anilines is 1. The first-order chi connectivity index (χ1) is 6.68. The number of para-hydroxylation sites is 1. The van der Waals surface area contributed by atoms with Crippen LogP contribution in [0.15, 0.2) is 18.2 Å². The highest BCUT2D eigenvalue weighted by molar-refractivity contribution is 6.32. The van der Waals surface area contributed by atoms with Gasteiger partial charge < -0.3 is 10.1 Å². The van der Waals surface area contributed by atoms with Gasteiger partial charge in [-0.25, -0.2) is 0 Å². The molecule has 1 aliphatic rings. The van der Waals surface area contributed by atoms with Crippen LogP contribution in [0.5, 0.6) is 5.75 Å². The van der Waals surface area contributed by atoms with Crippen molar-refractivity contribution in [1.82, 2.24) is 0 Å². The van der Waals surface area contributed by atoms with Gasteiger partial charge in [-0.2, -0.15) is 0 Å². The van der Waals surface area contributed by atoms with Crippen molar-refractivity contribution in [3.63, 3.8) is 0 Å². The highest BCUT2D eigenvalue weighted by atomic mass is 35.5. The van der Waals surface area contributed by atoms with E-state index in [4.69, 9.17) is 16.3 Å². The van der Waals surface area contributed by atoms with Crippen molar-refractivity contribution in [1.29, 1.82) is 0 Å². The lowest BCUT2D eigenvalue weighted by Crippen LogP contribution is -2.35. The van der Waals surface area contributed by atoms with E-state index in [1.807, 2.05) is 18.2 Å². The molecule has 3 heteroatoms. The van der Waals surface area contributed by atoms with E-state index in [1.54, 1.807) is 0 Å². The molecule has 1 heterocycles. The van der Waals surface area contributed by atoms with Crippen molar-refractivity contribution in [3.05, 3.63) is 23.2 Å². The van der Waals surface area contributed by atoms with Gasteiger partial charge in [-0.1, -0.05) is 31.5 Å². The fourth-order valence-electron chi connectivity index (χ4n) is 1.54. The molecule has 0 bridgehead atoms. The van der Waals surface area contributed by atoms with E-state index in [9.17, 15) is 0 Å². The number of fused-ring (bicyclic) bond motifs is 1. The highest BCUT2D eigenvalue weighted by Crippen LogP contribution is 2.36. The van der Waals surface area contributed by atoms with Gasteiger partial charge in [0, 0.05) is 0 Å². The Morgan fingerprint density at radius 2 is 2.29 bits per heavy atom. The molecule has 1 atom stereocenters. The molecule has 2 nitrogen and oxygen atoms in total. The van der Waals surface area contributed by atoms with Crippen LogP contribution < -0.4 is 10.1 Å². The molecule has 1 N–H and O–H groups in total.